The fourth-order valence-corrected chi connectivity index (χ4v) is 2.84. The van der Waals surface area contributed by atoms with Crippen LogP contribution in [-0.4, -0.2) is 50.7 Å². The molecule has 1 fully saturated rings. The molecule has 0 aromatic carbocycles. The molecule has 124 valence electrons. The first-order valence-corrected chi connectivity index (χ1v) is 7.81. The van der Waals surface area contributed by atoms with Crippen LogP contribution in [0.25, 0.3) is 0 Å². The van der Waals surface area contributed by atoms with Crippen molar-refractivity contribution in [3.63, 3.8) is 0 Å². The van der Waals surface area contributed by atoms with Gasteiger partial charge in [-0.15, -0.1) is 0 Å². The maximum Gasteiger partial charge on any atom is 0.410 e. The second kappa shape index (κ2) is 6.28. The molecule has 22 heavy (non-hydrogen) atoms. The quantitative estimate of drug-likeness (QED) is 0.906. The van der Waals surface area contributed by atoms with Gasteiger partial charge in [-0.25, -0.2) is 4.79 Å². The zero-order valence-electron chi connectivity index (χ0n) is 14.2. The van der Waals surface area contributed by atoms with Crippen LogP contribution in [0.5, 0.6) is 0 Å². The topological polar surface area (TPSA) is 67.6 Å². The lowest BCUT2D eigenvalue weighted by Gasteiger charge is -2.37. The van der Waals surface area contributed by atoms with E-state index in [1.807, 2.05) is 45.5 Å². The Morgan fingerprint density at radius 2 is 2.18 bits per heavy atom. The van der Waals surface area contributed by atoms with Gasteiger partial charge in [0, 0.05) is 31.7 Å². The number of rotatable bonds is 2. The number of hydrogen-bond donors (Lipinski definition) is 1. The van der Waals surface area contributed by atoms with Crippen molar-refractivity contribution in [2.75, 3.05) is 13.1 Å². The lowest BCUT2D eigenvalue weighted by atomic mass is 9.90. The molecule has 1 aromatic heterocycles. The number of aliphatic hydroxyl groups is 1. The highest BCUT2D eigenvalue weighted by Crippen LogP contribution is 2.23. The first-order valence-electron chi connectivity index (χ1n) is 7.81. The number of ether oxygens (including phenoxy) is 1. The Kier molecular flexibility index (Phi) is 4.80. The van der Waals surface area contributed by atoms with Gasteiger partial charge in [0.2, 0.25) is 0 Å². The minimum Gasteiger partial charge on any atom is -0.444 e. The van der Waals surface area contributed by atoms with Crippen LogP contribution < -0.4 is 0 Å². The van der Waals surface area contributed by atoms with Gasteiger partial charge in [-0.2, -0.15) is 5.10 Å². The predicted molar refractivity (Wildman–Crippen MR) is 83.6 cm³/mol. The molecule has 2 atom stereocenters. The van der Waals surface area contributed by atoms with E-state index in [1.54, 1.807) is 4.90 Å². The third kappa shape index (κ3) is 4.22. The van der Waals surface area contributed by atoms with Crippen LogP contribution in [0.2, 0.25) is 0 Å². The molecule has 2 rings (SSSR count). The normalized spacial score (nSPS) is 22.7. The Hall–Kier alpha value is -1.56. The Morgan fingerprint density at radius 3 is 2.73 bits per heavy atom. The van der Waals surface area contributed by atoms with E-state index in [4.69, 9.17) is 4.74 Å². The molecule has 0 aliphatic carbocycles. The summed E-state index contributed by atoms with van der Waals surface area (Å²) < 4.78 is 7.27. The van der Waals surface area contributed by atoms with E-state index in [0.29, 0.717) is 25.9 Å². The molecule has 6 nitrogen and oxygen atoms in total. The molecular weight excluding hydrogens is 282 g/mol. The van der Waals surface area contributed by atoms with Crippen molar-refractivity contribution in [3.8, 4) is 0 Å². The monoisotopic (exact) mass is 309 g/mol. The van der Waals surface area contributed by atoms with Gasteiger partial charge in [0.15, 0.2) is 0 Å². The molecule has 1 aliphatic rings. The van der Waals surface area contributed by atoms with E-state index < -0.39 is 11.7 Å². The van der Waals surface area contributed by atoms with Crippen LogP contribution in [0.4, 0.5) is 4.79 Å². The smallest absolute Gasteiger partial charge is 0.410 e. The highest BCUT2D eigenvalue weighted by Gasteiger charge is 2.33. The molecule has 0 spiro atoms. The number of likely N-dealkylation sites (tertiary alicyclic amines) is 1. The van der Waals surface area contributed by atoms with Crippen molar-refractivity contribution < 1.29 is 14.6 Å². The summed E-state index contributed by atoms with van der Waals surface area (Å²) in [4.78, 5) is 13.9. The first-order chi connectivity index (χ1) is 10.2. The Balaban J connectivity index is 2.02. The number of amides is 1. The van der Waals surface area contributed by atoms with Crippen LogP contribution in [0.1, 0.15) is 38.6 Å². The molecule has 1 saturated heterocycles. The van der Waals surface area contributed by atoms with Crippen LogP contribution in [0, 0.1) is 12.8 Å². The number of aryl methyl sites for hydroxylation is 2. The van der Waals surface area contributed by atoms with Crippen molar-refractivity contribution in [3.05, 3.63) is 17.5 Å². The second-order valence-corrected chi connectivity index (χ2v) is 7.15. The zero-order valence-corrected chi connectivity index (χ0v) is 14.2. The fraction of sp³-hybridized carbons (Fsp3) is 0.750. The van der Waals surface area contributed by atoms with Gasteiger partial charge in [-0.05, 0) is 46.6 Å². The molecule has 0 bridgehead atoms. The number of carbonyl (C=O) groups excluding carboxylic acids is 1. The second-order valence-electron chi connectivity index (χ2n) is 7.15. The first kappa shape index (κ1) is 16.8. The van der Waals surface area contributed by atoms with Gasteiger partial charge in [-0.3, -0.25) is 4.68 Å². The maximum absolute atomic E-state index is 12.2. The fourth-order valence-electron chi connectivity index (χ4n) is 2.84. The summed E-state index contributed by atoms with van der Waals surface area (Å²) in [5, 5.41) is 14.6. The minimum atomic E-state index is -0.498. The standard InChI is InChI=1S/C16H27N3O3/c1-11-8-13(18(5)17-11)9-12-10-19(7-6-14(12)20)15(21)22-16(2,3)4/h8,12,14,20H,6-7,9-10H2,1-5H3. The molecule has 2 unspecified atom stereocenters. The molecule has 1 aromatic rings. The number of nitrogens with zero attached hydrogens (tertiary/aromatic N) is 3. The number of aliphatic hydroxyl groups excluding tert-OH is 1. The molecule has 1 amide bonds. The summed E-state index contributed by atoms with van der Waals surface area (Å²) in [6.07, 6.45) is 0.595. The van der Waals surface area contributed by atoms with Gasteiger partial charge in [0.05, 0.1) is 11.8 Å². The summed E-state index contributed by atoms with van der Waals surface area (Å²) in [5.41, 5.74) is 1.54. The van der Waals surface area contributed by atoms with E-state index in [2.05, 4.69) is 5.10 Å². The Bertz CT molecular complexity index is 533. The van der Waals surface area contributed by atoms with Gasteiger partial charge in [-0.1, -0.05) is 0 Å². The average Bonchev–Trinajstić information content (AvgIpc) is 2.68. The summed E-state index contributed by atoms with van der Waals surface area (Å²) in [5.74, 6) is 0.0102. The number of piperidine rings is 1. The molecular formula is C16H27N3O3. The maximum atomic E-state index is 12.2. The lowest BCUT2D eigenvalue weighted by molar-refractivity contribution is -0.00854. The molecule has 1 aliphatic heterocycles. The van der Waals surface area contributed by atoms with Gasteiger partial charge < -0.3 is 14.7 Å². The number of hydrogen-bond acceptors (Lipinski definition) is 4. The minimum absolute atomic E-state index is 0.0102. The number of carbonyl (C=O) groups is 1. The summed E-state index contributed by atoms with van der Waals surface area (Å²) in [6, 6.07) is 2.03. The lowest BCUT2D eigenvalue weighted by Crippen LogP contribution is -2.48. The molecule has 6 heteroatoms. The molecule has 1 N–H and O–H groups in total. The van der Waals surface area contributed by atoms with Crippen molar-refractivity contribution in [1.29, 1.82) is 0 Å². The predicted octanol–water partition coefficient (Wildman–Crippen LogP) is 1.89. The van der Waals surface area contributed by atoms with E-state index >= 15 is 0 Å². The molecule has 2 heterocycles. The van der Waals surface area contributed by atoms with E-state index in [1.165, 1.54) is 0 Å². The third-order valence-corrected chi connectivity index (χ3v) is 3.92. The summed E-state index contributed by atoms with van der Waals surface area (Å²) in [7, 11) is 1.91. The zero-order chi connectivity index (χ0) is 16.5. The number of aromatic nitrogens is 2. The Morgan fingerprint density at radius 1 is 1.50 bits per heavy atom. The van der Waals surface area contributed by atoms with Crippen LogP contribution in [0.3, 0.4) is 0 Å². The van der Waals surface area contributed by atoms with E-state index in [-0.39, 0.29) is 12.0 Å². The third-order valence-electron chi connectivity index (χ3n) is 3.92. The van der Waals surface area contributed by atoms with E-state index in [0.717, 1.165) is 11.4 Å². The van der Waals surface area contributed by atoms with Crippen molar-refractivity contribution in [2.45, 2.75) is 52.2 Å². The Labute approximate surface area is 132 Å². The van der Waals surface area contributed by atoms with Gasteiger partial charge >= 0.3 is 6.09 Å². The van der Waals surface area contributed by atoms with Gasteiger partial charge in [0.1, 0.15) is 5.60 Å². The SMILES string of the molecule is Cc1cc(CC2CN(C(=O)OC(C)(C)C)CCC2O)n(C)n1. The summed E-state index contributed by atoms with van der Waals surface area (Å²) >= 11 is 0. The van der Waals surface area contributed by atoms with Gasteiger partial charge in [0.25, 0.3) is 0 Å². The highest BCUT2D eigenvalue weighted by atomic mass is 16.6. The van der Waals surface area contributed by atoms with Crippen LogP contribution in [-0.2, 0) is 18.2 Å². The molecule has 0 saturated carbocycles. The highest BCUT2D eigenvalue weighted by molar-refractivity contribution is 5.68. The summed E-state index contributed by atoms with van der Waals surface area (Å²) in [6.45, 7) is 8.59. The van der Waals surface area contributed by atoms with Crippen molar-refractivity contribution >= 4 is 6.09 Å². The molecule has 0 radical (unpaired) electrons. The van der Waals surface area contributed by atoms with Crippen LogP contribution >= 0.6 is 0 Å². The van der Waals surface area contributed by atoms with E-state index in [9.17, 15) is 9.90 Å². The van der Waals surface area contributed by atoms with Crippen molar-refractivity contribution in [2.24, 2.45) is 13.0 Å². The van der Waals surface area contributed by atoms with Crippen molar-refractivity contribution in [1.82, 2.24) is 14.7 Å². The largest absolute Gasteiger partial charge is 0.444 e. The van der Waals surface area contributed by atoms with Crippen LogP contribution in [0.15, 0.2) is 6.07 Å². The average molecular weight is 309 g/mol.